The summed E-state index contributed by atoms with van der Waals surface area (Å²) in [7, 11) is 1.62. The maximum absolute atomic E-state index is 12.2. The van der Waals surface area contributed by atoms with Gasteiger partial charge in [0.2, 0.25) is 0 Å². The van der Waals surface area contributed by atoms with Gasteiger partial charge in [-0.25, -0.2) is 0 Å². The first-order valence-corrected chi connectivity index (χ1v) is 6.89. The second-order valence-corrected chi connectivity index (χ2v) is 5.69. The second-order valence-electron chi connectivity index (χ2n) is 5.69. The third-order valence-corrected chi connectivity index (χ3v) is 4.97. The van der Waals surface area contributed by atoms with Crippen LogP contribution in [-0.2, 0) is 14.3 Å². The molecular weight excluding hydrogens is 228 g/mol. The van der Waals surface area contributed by atoms with Crippen molar-refractivity contribution in [1.29, 1.82) is 0 Å². The van der Waals surface area contributed by atoms with E-state index in [0.717, 1.165) is 12.8 Å². The maximum Gasteiger partial charge on any atom is 0.146 e. The molecule has 102 valence electrons. The van der Waals surface area contributed by atoms with E-state index in [2.05, 4.69) is 19.1 Å². The average Bonchev–Trinajstić information content (AvgIpc) is 2.90. The highest BCUT2D eigenvalue weighted by Gasteiger charge is 2.55. The minimum absolute atomic E-state index is 0.129. The van der Waals surface area contributed by atoms with Crippen LogP contribution in [0.3, 0.4) is 0 Å². The van der Waals surface area contributed by atoms with Crippen LogP contribution in [0, 0.1) is 23.2 Å². The highest BCUT2D eigenvalue weighted by atomic mass is 16.7. The first kappa shape index (κ1) is 13.8. The summed E-state index contributed by atoms with van der Waals surface area (Å²) >= 11 is 0. The summed E-state index contributed by atoms with van der Waals surface area (Å²) in [6.45, 7) is 5.03. The van der Waals surface area contributed by atoms with Gasteiger partial charge in [-0.3, -0.25) is 4.79 Å². The summed E-state index contributed by atoms with van der Waals surface area (Å²) in [6, 6.07) is 0. The summed E-state index contributed by atoms with van der Waals surface area (Å²) in [5.74, 6) is 1.90. The number of hydrogen-bond donors (Lipinski definition) is 0. The number of allylic oxidation sites excluding steroid dienone is 2. The molecule has 0 amide bonds. The minimum Gasteiger partial charge on any atom is -0.359 e. The Labute approximate surface area is 110 Å². The van der Waals surface area contributed by atoms with Crippen molar-refractivity contribution in [3.05, 3.63) is 12.2 Å². The molecule has 0 unspecified atom stereocenters. The van der Waals surface area contributed by atoms with Crippen LogP contribution < -0.4 is 0 Å². The minimum atomic E-state index is -0.129. The normalized spacial score (nSPS) is 37.4. The zero-order valence-corrected chi connectivity index (χ0v) is 11.6. The molecule has 4 atom stereocenters. The summed E-state index contributed by atoms with van der Waals surface area (Å²) in [5, 5.41) is 0. The highest BCUT2D eigenvalue weighted by molar-refractivity contribution is 5.84. The van der Waals surface area contributed by atoms with Crippen molar-refractivity contribution in [1.82, 2.24) is 0 Å². The smallest absolute Gasteiger partial charge is 0.146 e. The number of fused-ring (bicyclic) bond motifs is 2. The quantitative estimate of drug-likeness (QED) is 0.397. The predicted octanol–water partition coefficient (Wildman–Crippen LogP) is 2.80. The van der Waals surface area contributed by atoms with E-state index in [1.165, 1.54) is 6.42 Å². The molecule has 2 aliphatic rings. The summed E-state index contributed by atoms with van der Waals surface area (Å²) in [4.78, 5) is 12.2. The van der Waals surface area contributed by atoms with Gasteiger partial charge in [0.05, 0.1) is 0 Å². The molecule has 1 saturated carbocycles. The van der Waals surface area contributed by atoms with Crippen LogP contribution in [0.2, 0.25) is 0 Å². The number of methoxy groups -OCH3 is 1. The van der Waals surface area contributed by atoms with Crippen molar-refractivity contribution in [3.8, 4) is 0 Å². The van der Waals surface area contributed by atoms with E-state index < -0.39 is 0 Å². The lowest BCUT2D eigenvalue weighted by Crippen LogP contribution is -2.39. The van der Waals surface area contributed by atoms with E-state index in [1.54, 1.807) is 14.0 Å². The topological polar surface area (TPSA) is 35.5 Å². The molecule has 18 heavy (non-hydrogen) atoms. The Hall–Kier alpha value is -0.670. The molecule has 0 aromatic carbocycles. The fraction of sp³-hybridized carbons (Fsp3) is 0.800. The Morgan fingerprint density at radius 1 is 1.44 bits per heavy atom. The van der Waals surface area contributed by atoms with E-state index in [1.807, 2.05) is 0 Å². The SMILES string of the molecule is COCOCCC[C@@]1(C(C)=O)[C@@H]2C=C[C@@H](C2)[C@H]1C. The zero-order chi connectivity index (χ0) is 13.2. The van der Waals surface area contributed by atoms with Crippen molar-refractivity contribution in [3.63, 3.8) is 0 Å². The largest absolute Gasteiger partial charge is 0.359 e. The Kier molecular flexibility index (Phi) is 4.23. The number of carbonyl (C=O) groups excluding carboxylic acids is 1. The molecule has 0 N–H and O–H groups in total. The Bertz CT molecular complexity index is 337. The first-order valence-electron chi connectivity index (χ1n) is 6.89. The van der Waals surface area contributed by atoms with Crippen molar-refractivity contribution >= 4 is 5.78 Å². The fourth-order valence-electron chi connectivity index (χ4n) is 3.98. The molecule has 2 bridgehead atoms. The maximum atomic E-state index is 12.2. The first-order chi connectivity index (χ1) is 8.63. The monoisotopic (exact) mass is 252 g/mol. The lowest BCUT2D eigenvalue weighted by Gasteiger charge is -2.38. The molecular formula is C15H24O3. The van der Waals surface area contributed by atoms with E-state index in [9.17, 15) is 4.79 Å². The molecule has 0 aliphatic heterocycles. The lowest BCUT2D eigenvalue weighted by atomic mass is 9.64. The molecule has 0 saturated heterocycles. The van der Waals surface area contributed by atoms with Crippen LogP contribution in [0.25, 0.3) is 0 Å². The molecule has 0 aromatic heterocycles. The zero-order valence-electron chi connectivity index (χ0n) is 11.6. The molecule has 3 heteroatoms. The van der Waals surface area contributed by atoms with Gasteiger partial charge in [0.25, 0.3) is 0 Å². The van der Waals surface area contributed by atoms with Gasteiger partial charge in [-0.05, 0) is 43.9 Å². The van der Waals surface area contributed by atoms with Gasteiger partial charge in [0.15, 0.2) is 0 Å². The number of ketones is 1. The van der Waals surface area contributed by atoms with Crippen molar-refractivity contribution in [2.75, 3.05) is 20.5 Å². The molecule has 2 rings (SSSR count). The van der Waals surface area contributed by atoms with Gasteiger partial charge in [-0.1, -0.05) is 19.1 Å². The fourth-order valence-corrected chi connectivity index (χ4v) is 3.98. The summed E-state index contributed by atoms with van der Waals surface area (Å²) < 4.78 is 10.2. The number of hydrogen-bond acceptors (Lipinski definition) is 3. The summed E-state index contributed by atoms with van der Waals surface area (Å²) in [6.07, 6.45) is 7.61. The molecule has 3 nitrogen and oxygen atoms in total. The third-order valence-electron chi connectivity index (χ3n) is 4.97. The Morgan fingerprint density at radius 3 is 2.78 bits per heavy atom. The van der Waals surface area contributed by atoms with Gasteiger partial charge in [0, 0.05) is 19.1 Å². The summed E-state index contributed by atoms with van der Waals surface area (Å²) in [5.41, 5.74) is -0.129. The van der Waals surface area contributed by atoms with Gasteiger partial charge >= 0.3 is 0 Å². The standard InChI is InChI=1S/C15H24O3/c1-11-13-5-6-14(9-13)15(11,12(2)16)7-4-8-18-10-17-3/h5-6,11,13-14H,4,7-10H2,1-3H3/t11-,13+,14-,15-/m1/s1. The van der Waals surface area contributed by atoms with E-state index in [4.69, 9.17) is 9.47 Å². The van der Waals surface area contributed by atoms with Crippen LogP contribution in [0.15, 0.2) is 12.2 Å². The van der Waals surface area contributed by atoms with Crippen LogP contribution >= 0.6 is 0 Å². The molecule has 0 radical (unpaired) electrons. The lowest BCUT2D eigenvalue weighted by molar-refractivity contribution is -0.131. The average molecular weight is 252 g/mol. The molecule has 0 heterocycles. The number of carbonyl (C=O) groups is 1. The molecule has 0 spiro atoms. The van der Waals surface area contributed by atoms with E-state index in [-0.39, 0.29) is 5.41 Å². The Balaban J connectivity index is 1.96. The van der Waals surface area contributed by atoms with Crippen molar-refractivity contribution in [2.45, 2.75) is 33.1 Å². The van der Waals surface area contributed by atoms with Crippen LogP contribution in [-0.4, -0.2) is 26.3 Å². The third kappa shape index (κ3) is 2.14. The Morgan fingerprint density at radius 2 is 2.22 bits per heavy atom. The van der Waals surface area contributed by atoms with Crippen molar-refractivity contribution in [2.24, 2.45) is 23.2 Å². The van der Waals surface area contributed by atoms with E-state index in [0.29, 0.717) is 36.9 Å². The van der Waals surface area contributed by atoms with Crippen LogP contribution in [0.5, 0.6) is 0 Å². The van der Waals surface area contributed by atoms with Gasteiger partial charge in [0.1, 0.15) is 12.6 Å². The predicted molar refractivity (Wildman–Crippen MR) is 70.1 cm³/mol. The van der Waals surface area contributed by atoms with Gasteiger partial charge in [-0.15, -0.1) is 0 Å². The van der Waals surface area contributed by atoms with Gasteiger partial charge in [-0.2, -0.15) is 0 Å². The van der Waals surface area contributed by atoms with Crippen LogP contribution in [0.4, 0.5) is 0 Å². The van der Waals surface area contributed by atoms with Crippen LogP contribution in [0.1, 0.15) is 33.1 Å². The number of Topliss-reactive ketones (excluding diaryl/α,β-unsaturated/α-hetero) is 1. The van der Waals surface area contributed by atoms with E-state index >= 15 is 0 Å². The highest BCUT2D eigenvalue weighted by Crippen LogP contribution is 2.58. The number of ether oxygens (including phenoxy) is 2. The van der Waals surface area contributed by atoms with Crippen molar-refractivity contribution < 1.29 is 14.3 Å². The second kappa shape index (κ2) is 5.54. The molecule has 2 aliphatic carbocycles. The number of rotatable bonds is 7. The molecule has 0 aromatic rings. The van der Waals surface area contributed by atoms with Gasteiger partial charge < -0.3 is 9.47 Å². The molecule has 1 fully saturated rings.